The topological polar surface area (TPSA) is 127 Å². The van der Waals surface area contributed by atoms with Crippen molar-refractivity contribution in [3.63, 3.8) is 0 Å². The lowest BCUT2D eigenvalue weighted by molar-refractivity contribution is -0.144. The Bertz CT molecular complexity index is 624. The van der Waals surface area contributed by atoms with E-state index in [4.69, 9.17) is 10.2 Å². The van der Waals surface area contributed by atoms with Crippen LogP contribution in [0.15, 0.2) is 23.1 Å². The van der Waals surface area contributed by atoms with Crippen molar-refractivity contribution in [2.75, 3.05) is 5.32 Å². The van der Waals surface area contributed by atoms with Gasteiger partial charge in [-0.2, -0.15) is 0 Å². The highest BCUT2D eigenvalue weighted by Gasteiger charge is 2.21. The van der Waals surface area contributed by atoms with Gasteiger partial charge in [0, 0.05) is 5.69 Å². The summed E-state index contributed by atoms with van der Waals surface area (Å²) in [6.45, 7) is 2.79. The summed E-state index contributed by atoms with van der Waals surface area (Å²) in [5.41, 5.74) is 0.611. The standard InChI is InChI=1S/C11H14N2O5S/c1-6-3-4-8(5-9(6)19(12,17)18)13-10(14)7(2)11(15)16/h3-5,7H,1-2H3,(H,13,14)(H,15,16)(H2,12,17,18). The van der Waals surface area contributed by atoms with Crippen LogP contribution in [0.1, 0.15) is 12.5 Å². The maximum absolute atomic E-state index is 11.5. The zero-order valence-corrected chi connectivity index (χ0v) is 11.2. The van der Waals surface area contributed by atoms with Crippen LogP contribution in [-0.4, -0.2) is 25.4 Å². The van der Waals surface area contributed by atoms with Crippen molar-refractivity contribution < 1.29 is 23.1 Å². The summed E-state index contributed by atoms with van der Waals surface area (Å²) in [5.74, 6) is -3.24. The Labute approximate surface area is 110 Å². The van der Waals surface area contributed by atoms with Gasteiger partial charge in [-0.15, -0.1) is 0 Å². The van der Waals surface area contributed by atoms with E-state index in [9.17, 15) is 18.0 Å². The number of rotatable bonds is 4. The first kappa shape index (κ1) is 15.1. The molecule has 1 atom stereocenters. The quantitative estimate of drug-likeness (QED) is 0.686. The molecule has 19 heavy (non-hydrogen) atoms. The minimum Gasteiger partial charge on any atom is -0.481 e. The summed E-state index contributed by atoms with van der Waals surface area (Å²) in [5, 5.41) is 16.0. The molecule has 1 unspecified atom stereocenters. The fourth-order valence-electron chi connectivity index (χ4n) is 1.35. The minimum atomic E-state index is -3.90. The Kier molecular flexibility index (Phi) is 4.28. The molecule has 1 rings (SSSR count). The molecule has 0 radical (unpaired) electrons. The summed E-state index contributed by atoms with van der Waals surface area (Å²) < 4.78 is 22.6. The molecule has 0 aromatic heterocycles. The second-order valence-electron chi connectivity index (χ2n) is 4.07. The van der Waals surface area contributed by atoms with E-state index < -0.39 is 27.8 Å². The van der Waals surface area contributed by atoms with E-state index in [1.54, 1.807) is 6.92 Å². The summed E-state index contributed by atoms with van der Waals surface area (Å²) in [6.07, 6.45) is 0. The predicted molar refractivity (Wildman–Crippen MR) is 68.0 cm³/mol. The summed E-state index contributed by atoms with van der Waals surface area (Å²) >= 11 is 0. The molecule has 8 heteroatoms. The van der Waals surface area contributed by atoms with Gasteiger partial charge < -0.3 is 10.4 Å². The van der Waals surface area contributed by atoms with Gasteiger partial charge in [-0.3, -0.25) is 9.59 Å². The molecule has 0 fully saturated rings. The van der Waals surface area contributed by atoms with Crippen LogP contribution in [0.5, 0.6) is 0 Å². The average Bonchev–Trinajstić information content (AvgIpc) is 2.28. The molecule has 0 spiro atoms. The van der Waals surface area contributed by atoms with Crippen molar-refractivity contribution in [1.82, 2.24) is 0 Å². The highest BCUT2D eigenvalue weighted by Crippen LogP contribution is 2.19. The number of nitrogens with one attached hydrogen (secondary N) is 1. The van der Waals surface area contributed by atoms with Crippen LogP contribution < -0.4 is 10.5 Å². The molecular weight excluding hydrogens is 272 g/mol. The first-order valence-corrected chi connectivity index (χ1v) is 6.84. The summed E-state index contributed by atoms with van der Waals surface area (Å²) in [6, 6.07) is 4.13. The van der Waals surface area contributed by atoms with Gasteiger partial charge in [0.15, 0.2) is 0 Å². The van der Waals surface area contributed by atoms with E-state index >= 15 is 0 Å². The van der Waals surface area contributed by atoms with Crippen molar-refractivity contribution in [2.45, 2.75) is 18.7 Å². The molecule has 0 aliphatic rings. The van der Waals surface area contributed by atoms with Crippen molar-refractivity contribution >= 4 is 27.6 Å². The summed E-state index contributed by atoms with van der Waals surface area (Å²) in [7, 11) is -3.90. The van der Waals surface area contributed by atoms with Gasteiger partial charge >= 0.3 is 5.97 Å². The largest absolute Gasteiger partial charge is 0.481 e. The van der Waals surface area contributed by atoms with Gasteiger partial charge in [0.2, 0.25) is 15.9 Å². The van der Waals surface area contributed by atoms with E-state index in [0.29, 0.717) is 5.56 Å². The lowest BCUT2D eigenvalue weighted by Crippen LogP contribution is -2.27. The van der Waals surface area contributed by atoms with Crippen LogP contribution in [-0.2, 0) is 19.6 Å². The first-order valence-electron chi connectivity index (χ1n) is 5.30. The van der Waals surface area contributed by atoms with Crippen molar-refractivity contribution in [1.29, 1.82) is 0 Å². The number of primary sulfonamides is 1. The van der Waals surface area contributed by atoms with Gasteiger partial charge in [-0.05, 0) is 31.5 Å². The minimum absolute atomic E-state index is 0.117. The number of anilines is 1. The molecule has 0 heterocycles. The number of nitrogens with two attached hydrogens (primary N) is 1. The van der Waals surface area contributed by atoms with Gasteiger partial charge in [0.05, 0.1) is 4.90 Å². The maximum atomic E-state index is 11.5. The smallest absolute Gasteiger partial charge is 0.315 e. The van der Waals surface area contributed by atoms with Crippen LogP contribution >= 0.6 is 0 Å². The molecule has 0 aliphatic heterocycles. The van der Waals surface area contributed by atoms with Crippen LogP contribution in [0.2, 0.25) is 0 Å². The third-order valence-electron chi connectivity index (χ3n) is 2.53. The van der Waals surface area contributed by atoms with Crippen molar-refractivity contribution in [3.05, 3.63) is 23.8 Å². The molecular formula is C11H14N2O5S. The molecule has 1 aromatic carbocycles. The van der Waals surface area contributed by atoms with E-state index in [0.717, 1.165) is 0 Å². The maximum Gasteiger partial charge on any atom is 0.315 e. The fourth-order valence-corrected chi connectivity index (χ4v) is 2.16. The van der Waals surface area contributed by atoms with E-state index in [1.807, 2.05) is 0 Å². The highest BCUT2D eigenvalue weighted by molar-refractivity contribution is 7.89. The zero-order chi connectivity index (χ0) is 14.8. The van der Waals surface area contributed by atoms with Gasteiger partial charge in [-0.1, -0.05) is 6.07 Å². The van der Waals surface area contributed by atoms with Crippen LogP contribution in [0.25, 0.3) is 0 Å². The Morgan fingerprint density at radius 3 is 2.42 bits per heavy atom. The first-order chi connectivity index (χ1) is 8.62. The molecule has 1 aromatic rings. The Morgan fingerprint density at radius 2 is 1.95 bits per heavy atom. The molecule has 0 saturated carbocycles. The van der Waals surface area contributed by atoms with Crippen molar-refractivity contribution in [3.8, 4) is 0 Å². The number of carbonyl (C=O) groups is 2. The fraction of sp³-hybridized carbons (Fsp3) is 0.273. The van der Waals surface area contributed by atoms with Gasteiger partial charge in [0.1, 0.15) is 5.92 Å². The molecule has 4 N–H and O–H groups in total. The Balaban J connectivity index is 3.05. The molecule has 0 bridgehead atoms. The number of hydrogen-bond acceptors (Lipinski definition) is 4. The Hall–Kier alpha value is -1.93. The number of carboxylic acid groups (broad SMARTS) is 1. The molecule has 0 aliphatic carbocycles. The number of aryl methyl sites for hydroxylation is 1. The molecule has 7 nitrogen and oxygen atoms in total. The third-order valence-corrected chi connectivity index (χ3v) is 3.58. The van der Waals surface area contributed by atoms with E-state index in [-0.39, 0.29) is 10.6 Å². The van der Waals surface area contributed by atoms with Crippen molar-refractivity contribution in [2.24, 2.45) is 11.1 Å². The number of amides is 1. The average molecular weight is 286 g/mol. The highest BCUT2D eigenvalue weighted by atomic mass is 32.2. The predicted octanol–water partition coefficient (Wildman–Crippen LogP) is 0.302. The number of aliphatic carboxylic acids is 1. The second kappa shape index (κ2) is 5.37. The zero-order valence-electron chi connectivity index (χ0n) is 10.4. The van der Waals surface area contributed by atoms with Gasteiger partial charge in [-0.25, -0.2) is 13.6 Å². The number of benzene rings is 1. The SMILES string of the molecule is Cc1ccc(NC(=O)C(C)C(=O)O)cc1S(N)(=O)=O. The van der Waals surface area contributed by atoms with E-state index in [2.05, 4.69) is 5.32 Å². The third kappa shape index (κ3) is 3.76. The van der Waals surface area contributed by atoms with Crippen LogP contribution in [0.3, 0.4) is 0 Å². The van der Waals surface area contributed by atoms with Crippen LogP contribution in [0, 0.1) is 12.8 Å². The summed E-state index contributed by atoms with van der Waals surface area (Å²) in [4.78, 5) is 22.0. The van der Waals surface area contributed by atoms with Gasteiger partial charge in [0.25, 0.3) is 0 Å². The Morgan fingerprint density at radius 1 is 1.37 bits per heavy atom. The van der Waals surface area contributed by atoms with Crippen LogP contribution in [0.4, 0.5) is 5.69 Å². The lowest BCUT2D eigenvalue weighted by Gasteiger charge is -2.10. The monoisotopic (exact) mass is 286 g/mol. The lowest BCUT2D eigenvalue weighted by atomic mass is 10.1. The number of hydrogen-bond donors (Lipinski definition) is 3. The molecule has 104 valence electrons. The number of sulfonamides is 1. The number of carbonyl (C=O) groups excluding carboxylic acids is 1. The second-order valence-corrected chi connectivity index (χ2v) is 5.60. The normalized spacial score (nSPS) is 12.8. The number of carboxylic acids is 1. The van der Waals surface area contributed by atoms with E-state index in [1.165, 1.54) is 25.1 Å². The molecule has 0 saturated heterocycles. The molecule has 1 amide bonds.